The highest BCUT2D eigenvalue weighted by atomic mass is 16.6. The van der Waals surface area contributed by atoms with E-state index in [2.05, 4.69) is 32.6 Å². The van der Waals surface area contributed by atoms with Crippen molar-refractivity contribution < 1.29 is 66.7 Å². The van der Waals surface area contributed by atoms with E-state index in [0.717, 1.165) is 142 Å². The van der Waals surface area contributed by atoms with Crippen molar-refractivity contribution in [2.24, 2.45) is 11.8 Å². The van der Waals surface area contributed by atoms with Crippen molar-refractivity contribution in [1.82, 2.24) is 9.80 Å². The molecule has 0 aromatic rings. The number of ether oxygens (including phenoxy) is 7. The molecule has 0 rings (SSSR count). The molecule has 0 atom stereocenters. The number of nitrogens with zero attached hydrogens (tertiary/aromatic N) is 2. The molecule has 0 aromatic heterocycles. The number of rotatable bonds is 51. The molecule has 0 saturated carbocycles. The summed E-state index contributed by atoms with van der Waals surface area (Å²) in [6, 6.07) is 0. The van der Waals surface area contributed by atoms with E-state index in [-0.39, 0.29) is 122 Å². The number of hydrogen-bond acceptors (Lipinski definition) is 15. The van der Waals surface area contributed by atoms with Gasteiger partial charge in [-0.25, -0.2) is 4.79 Å². The van der Waals surface area contributed by atoms with Crippen molar-refractivity contribution in [3.05, 3.63) is 0 Å². The van der Waals surface area contributed by atoms with Crippen LogP contribution in [0.3, 0.4) is 0 Å². The third-order valence-electron chi connectivity index (χ3n) is 12.8. The number of unbranched alkanes of at least 4 members (excludes halogenated alkanes) is 20. The highest BCUT2D eigenvalue weighted by Crippen LogP contribution is 2.15. The van der Waals surface area contributed by atoms with Gasteiger partial charge in [0.25, 0.3) is 0 Å². The quantitative estimate of drug-likeness (QED) is 0.0317. The first-order chi connectivity index (χ1) is 35.4. The van der Waals surface area contributed by atoms with Crippen LogP contribution < -0.4 is 0 Å². The second-order valence-corrected chi connectivity index (χ2v) is 19.5. The molecule has 0 heterocycles. The van der Waals surface area contributed by atoms with E-state index in [9.17, 15) is 33.6 Å². The largest absolute Gasteiger partial charge is 0.465 e. The smallest absolute Gasteiger partial charge is 0.410 e. The van der Waals surface area contributed by atoms with Crippen LogP contribution in [0.4, 0.5) is 4.79 Å². The number of carbonyl (C=O) groups excluding carboxylic acids is 7. The van der Waals surface area contributed by atoms with Gasteiger partial charge in [-0.3, -0.25) is 28.8 Å². The van der Waals surface area contributed by atoms with Crippen LogP contribution in [0.5, 0.6) is 0 Å². The number of amides is 1. The number of hydrogen-bond donors (Lipinski definition) is 0. The molecule has 73 heavy (non-hydrogen) atoms. The Morgan fingerprint density at radius 3 is 0.877 bits per heavy atom. The van der Waals surface area contributed by atoms with E-state index in [0.29, 0.717) is 32.2 Å². The standard InChI is InChI=1S/C57H104N2O14/c1-7-13-17-21-25-29-33-51(60)70-45-49(46-71-52(61)34-30-26-22-18-14-8-2)43-55(64)67-41-38-59(57(66)69-40-37-58(11-5)12-6)39-42-68-56(65)44-50(47-72-53(62)35-31-27-23-19-15-9-3)48-73-54(63)36-32-28-24-20-16-10-4/h49-50H,7-48H2,1-6H3. The van der Waals surface area contributed by atoms with Crippen LogP contribution in [0.15, 0.2) is 0 Å². The summed E-state index contributed by atoms with van der Waals surface area (Å²) in [6.45, 7) is 13.8. The molecule has 16 heteroatoms. The van der Waals surface area contributed by atoms with Crippen LogP contribution in [-0.2, 0) is 61.9 Å². The van der Waals surface area contributed by atoms with E-state index >= 15 is 0 Å². The topological polar surface area (TPSA) is 191 Å². The molecule has 0 aromatic carbocycles. The third kappa shape index (κ3) is 44.1. The van der Waals surface area contributed by atoms with Gasteiger partial charge in [0.15, 0.2) is 0 Å². The molecular formula is C57H104N2O14. The van der Waals surface area contributed by atoms with Crippen molar-refractivity contribution >= 4 is 41.9 Å². The second kappa shape index (κ2) is 50.2. The molecule has 0 unspecified atom stereocenters. The maximum Gasteiger partial charge on any atom is 0.410 e. The molecule has 0 aliphatic rings. The Morgan fingerprint density at radius 1 is 0.315 bits per heavy atom. The van der Waals surface area contributed by atoms with E-state index in [1.807, 2.05) is 13.8 Å². The summed E-state index contributed by atoms with van der Waals surface area (Å²) in [7, 11) is 0. The minimum atomic E-state index is -0.681. The lowest BCUT2D eigenvalue weighted by Gasteiger charge is -2.24. The minimum Gasteiger partial charge on any atom is -0.465 e. The zero-order valence-corrected chi connectivity index (χ0v) is 47.0. The molecular weight excluding hydrogens is 937 g/mol. The highest BCUT2D eigenvalue weighted by molar-refractivity contribution is 5.73. The minimum absolute atomic E-state index is 0.0791. The highest BCUT2D eigenvalue weighted by Gasteiger charge is 2.24. The maximum atomic E-state index is 13.4. The Bertz CT molecular complexity index is 1260. The van der Waals surface area contributed by atoms with Gasteiger partial charge in [0.2, 0.25) is 0 Å². The molecule has 0 aliphatic heterocycles. The lowest BCUT2D eigenvalue weighted by molar-refractivity contribution is -0.155. The van der Waals surface area contributed by atoms with Crippen LogP contribution in [-0.4, -0.2) is 131 Å². The zero-order valence-electron chi connectivity index (χ0n) is 47.0. The van der Waals surface area contributed by atoms with Crippen LogP contribution in [0.1, 0.15) is 234 Å². The van der Waals surface area contributed by atoms with Crippen molar-refractivity contribution in [2.45, 2.75) is 234 Å². The van der Waals surface area contributed by atoms with E-state index in [1.54, 1.807) is 0 Å². The monoisotopic (exact) mass is 1040 g/mol. The van der Waals surface area contributed by atoms with Gasteiger partial charge in [0.05, 0.1) is 52.4 Å². The summed E-state index contributed by atoms with van der Waals surface area (Å²) in [6.07, 6.45) is 24.5. The van der Waals surface area contributed by atoms with Gasteiger partial charge in [-0.15, -0.1) is 0 Å². The van der Waals surface area contributed by atoms with Gasteiger partial charge < -0.3 is 43.0 Å². The number of carbonyl (C=O) groups is 7. The van der Waals surface area contributed by atoms with Crippen LogP contribution >= 0.6 is 0 Å². The van der Waals surface area contributed by atoms with Gasteiger partial charge in [-0.2, -0.15) is 0 Å². The summed E-state index contributed by atoms with van der Waals surface area (Å²) in [5.41, 5.74) is 0. The van der Waals surface area contributed by atoms with E-state index < -0.39 is 29.9 Å². The van der Waals surface area contributed by atoms with Crippen molar-refractivity contribution in [3.63, 3.8) is 0 Å². The molecule has 1 amide bonds. The summed E-state index contributed by atoms with van der Waals surface area (Å²) in [5.74, 6) is -4.01. The fourth-order valence-corrected chi connectivity index (χ4v) is 7.98. The fraction of sp³-hybridized carbons (Fsp3) is 0.877. The Morgan fingerprint density at radius 2 is 0.589 bits per heavy atom. The first-order valence-electron chi connectivity index (χ1n) is 29.0. The molecule has 0 spiro atoms. The fourth-order valence-electron chi connectivity index (χ4n) is 7.98. The zero-order chi connectivity index (χ0) is 54.0. The molecule has 0 aliphatic carbocycles. The van der Waals surface area contributed by atoms with Gasteiger partial charge in [0.1, 0.15) is 19.8 Å². The van der Waals surface area contributed by atoms with Crippen molar-refractivity contribution in [3.8, 4) is 0 Å². The lowest BCUT2D eigenvalue weighted by Crippen LogP contribution is -2.39. The van der Waals surface area contributed by atoms with E-state index in [1.165, 1.54) is 4.90 Å². The number of likely N-dealkylation sites (N-methyl/N-ethyl adjacent to an activating group) is 1. The second-order valence-electron chi connectivity index (χ2n) is 19.5. The van der Waals surface area contributed by atoms with Gasteiger partial charge in [-0.05, 0) is 38.8 Å². The Kier molecular flexibility index (Phi) is 47.5. The summed E-state index contributed by atoms with van der Waals surface area (Å²) in [4.78, 5) is 93.7. The van der Waals surface area contributed by atoms with Gasteiger partial charge >= 0.3 is 41.9 Å². The normalized spacial score (nSPS) is 11.2. The molecule has 0 bridgehead atoms. The maximum absolute atomic E-state index is 13.4. The molecule has 16 nitrogen and oxygen atoms in total. The molecule has 0 radical (unpaired) electrons. The summed E-state index contributed by atoms with van der Waals surface area (Å²) >= 11 is 0. The number of esters is 6. The SMILES string of the molecule is CCCCCCCCC(=O)OCC(COC(=O)CCCCCCCC)CC(=O)OCCN(CCOC(=O)CC(COC(=O)CCCCCCCC)COC(=O)CCCCCCCC)C(=O)OCCN(CC)CC. The summed E-state index contributed by atoms with van der Waals surface area (Å²) in [5, 5.41) is 0. The van der Waals surface area contributed by atoms with Crippen LogP contribution in [0.25, 0.3) is 0 Å². The van der Waals surface area contributed by atoms with Crippen LogP contribution in [0.2, 0.25) is 0 Å². The van der Waals surface area contributed by atoms with Gasteiger partial charge in [0, 0.05) is 44.1 Å². The molecule has 0 fully saturated rings. The summed E-state index contributed by atoms with van der Waals surface area (Å²) < 4.78 is 38.9. The van der Waals surface area contributed by atoms with Crippen LogP contribution in [0, 0.1) is 11.8 Å². The Hall–Kier alpha value is -3.95. The van der Waals surface area contributed by atoms with E-state index in [4.69, 9.17) is 33.2 Å². The first-order valence-corrected chi connectivity index (χ1v) is 29.0. The van der Waals surface area contributed by atoms with Crippen molar-refractivity contribution in [1.29, 1.82) is 0 Å². The Labute approximate surface area is 442 Å². The molecule has 0 saturated heterocycles. The first kappa shape index (κ1) is 69.0. The van der Waals surface area contributed by atoms with Gasteiger partial charge in [-0.1, -0.05) is 170 Å². The third-order valence-corrected chi connectivity index (χ3v) is 12.8. The predicted molar refractivity (Wildman–Crippen MR) is 285 cm³/mol. The van der Waals surface area contributed by atoms with Crippen molar-refractivity contribution in [2.75, 3.05) is 79.0 Å². The molecule has 426 valence electrons. The predicted octanol–water partition coefficient (Wildman–Crippen LogP) is 12.0. The molecule has 0 N–H and O–H groups in total. The average Bonchev–Trinajstić information content (AvgIpc) is 3.38. The Balaban J connectivity index is 5.63. The average molecular weight is 1040 g/mol. The lowest BCUT2D eigenvalue weighted by atomic mass is 10.1.